The van der Waals surface area contributed by atoms with Gasteiger partial charge in [-0.25, -0.2) is 5.43 Å². The zero-order chi connectivity index (χ0) is 19.8. The molecule has 0 aromatic heterocycles. The maximum Gasteiger partial charge on any atom is 0.259 e. The fourth-order valence-corrected chi connectivity index (χ4v) is 2.51. The normalized spacial score (nSPS) is 10.8. The first-order valence-electron chi connectivity index (χ1n) is 8.87. The molecule has 0 spiro atoms. The molecule has 0 saturated carbocycles. The van der Waals surface area contributed by atoms with Crippen LogP contribution >= 0.6 is 0 Å². The highest BCUT2D eigenvalue weighted by Gasteiger charge is 2.06. The molecular weight excluding hydrogens is 354 g/mol. The van der Waals surface area contributed by atoms with Crippen molar-refractivity contribution in [3.8, 4) is 5.75 Å². The topological polar surface area (TPSA) is 79.8 Å². The number of aryl methyl sites for hydroxylation is 1. The van der Waals surface area contributed by atoms with Gasteiger partial charge in [-0.2, -0.15) is 5.10 Å². The second-order valence-electron chi connectivity index (χ2n) is 6.28. The van der Waals surface area contributed by atoms with Crippen molar-refractivity contribution in [2.45, 2.75) is 6.92 Å². The highest BCUT2D eigenvalue weighted by molar-refractivity contribution is 5.87. The van der Waals surface area contributed by atoms with E-state index in [1.807, 2.05) is 73.7 Å². The predicted octanol–water partition coefficient (Wildman–Crippen LogP) is 2.79. The minimum absolute atomic E-state index is 0.168. The number of carbonyl (C=O) groups is 2. The molecule has 2 N–H and O–H groups in total. The Labute approximate surface area is 163 Å². The minimum atomic E-state index is -0.414. The van der Waals surface area contributed by atoms with Crippen LogP contribution in [0.5, 0.6) is 5.75 Å². The third-order valence-electron chi connectivity index (χ3n) is 4.02. The average Bonchev–Trinajstić information content (AvgIpc) is 2.72. The Morgan fingerprint density at radius 1 is 0.964 bits per heavy atom. The Bertz CT molecular complexity index is 997. The summed E-state index contributed by atoms with van der Waals surface area (Å²) >= 11 is 0. The first-order valence-corrected chi connectivity index (χ1v) is 8.87. The minimum Gasteiger partial charge on any atom is -0.484 e. The molecule has 0 aliphatic rings. The van der Waals surface area contributed by atoms with Gasteiger partial charge < -0.3 is 10.1 Å². The van der Waals surface area contributed by atoms with E-state index < -0.39 is 5.91 Å². The highest BCUT2D eigenvalue weighted by Crippen LogP contribution is 2.20. The second-order valence-corrected chi connectivity index (χ2v) is 6.28. The van der Waals surface area contributed by atoms with Crippen LogP contribution in [0.1, 0.15) is 11.1 Å². The summed E-state index contributed by atoms with van der Waals surface area (Å²) in [6, 6.07) is 21.2. The summed E-state index contributed by atoms with van der Waals surface area (Å²) in [5.74, 6) is -0.200. The number of nitrogens with zero attached hydrogens (tertiary/aromatic N) is 1. The molecule has 28 heavy (non-hydrogen) atoms. The number of fused-ring (bicyclic) bond motifs is 1. The number of nitrogens with one attached hydrogen (secondary N) is 2. The summed E-state index contributed by atoms with van der Waals surface area (Å²) in [5.41, 5.74) is 4.39. The van der Waals surface area contributed by atoms with Crippen molar-refractivity contribution in [2.24, 2.45) is 5.10 Å². The van der Waals surface area contributed by atoms with Crippen LogP contribution in [0.4, 0.5) is 0 Å². The van der Waals surface area contributed by atoms with E-state index in [2.05, 4.69) is 15.8 Å². The first-order chi connectivity index (χ1) is 13.6. The molecule has 0 bridgehead atoms. The molecule has 2 amide bonds. The molecule has 0 unspecified atom stereocenters. The Morgan fingerprint density at radius 2 is 1.71 bits per heavy atom. The molecule has 0 saturated heterocycles. The molecule has 6 heteroatoms. The van der Waals surface area contributed by atoms with Crippen LogP contribution in [0.25, 0.3) is 10.8 Å². The lowest BCUT2D eigenvalue weighted by molar-refractivity contribution is -0.127. The molecule has 0 aliphatic carbocycles. The molecule has 142 valence electrons. The number of benzene rings is 3. The van der Waals surface area contributed by atoms with E-state index in [9.17, 15) is 9.59 Å². The maximum absolute atomic E-state index is 11.9. The van der Waals surface area contributed by atoms with Gasteiger partial charge in [-0.3, -0.25) is 9.59 Å². The average molecular weight is 375 g/mol. The van der Waals surface area contributed by atoms with E-state index in [-0.39, 0.29) is 19.1 Å². The maximum atomic E-state index is 11.9. The fourth-order valence-electron chi connectivity index (χ4n) is 2.51. The molecular formula is C22H21N3O3. The number of hydrazone groups is 1. The van der Waals surface area contributed by atoms with Gasteiger partial charge in [0.2, 0.25) is 0 Å². The quantitative estimate of drug-likeness (QED) is 0.492. The number of carbonyl (C=O) groups excluding carboxylic acids is 2. The number of amides is 2. The van der Waals surface area contributed by atoms with Gasteiger partial charge in [0.15, 0.2) is 6.61 Å². The van der Waals surface area contributed by atoms with Crippen LogP contribution in [-0.4, -0.2) is 31.2 Å². The molecule has 0 heterocycles. The fraction of sp³-hybridized carbons (Fsp3) is 0.136. The van der Waals surface area contributed by atoms with Crippen molar-refractivity contribution in [2.75, 3.05) is 13.2 Å². The molecule has 3 aromatic carbocycles. The van der Waals surface area contributed by atoms with Crippen molar-refractivity contribution in [1.82, 2.24) is 10.7 Å². The van der Waals surface area contributed by atoms with Gasteiger partial charge in [0.05, 0.1) is 12.8 Å². The van der Waals surface area contributed by atoms with E-state index in [0.29, 0.717) is 5.75 Å². The summed E-state index contributed by atoms with van der Waals surface area (Å²) < 4.78 is 5.48. The van der Waals surface area contributed by atoms with Crippen LogP contribution in [-0.2, 0) is 9.59 Å². The van der Waals surface area contributed by atoms with Gasteiger partial charge in [-0.05, 0) is 35.4 Å². The van der Waals surface area contributed by atoms with Crippen molar-refractivity contribution < 1.29 is 14.3 Å². The van der Waals surface area contributed by atoms with Crippen molar-refractivity contribution in [3.63, 3.8) is 0 Å². The number of rotatable bonds is 7. The Balaban J connectivity index is 1.39. The highest BCUT2D eigenvalue weighted by atomic mass is 16.5. The van der Waals surface area contributed by atoms with Crippen LogP contribution in [0, 0.1) is 6.92 Å². The number of ether oxygens (including phenoxy) is 1. The Kier molecular flexibility index (Phi) is 6.36. The summed E-state index contributed by atoms with van der Waals surface area (Å²) in [6.45, 7) is 1.65. The van der Waals surface area contributed by atoms with Crippen LogP contribution < -0.4 is 15.5 Å². The lowest BCUT2D eigenvalue weighted by atomic mass is 10.1. The van der Waals surface area contributed by atoms with E-state index in [0.717, 1.165) is 21.9 Å². The monoisotopic (exact) mass is 375 g/mol. The van der Waals surface area contributed by atoms with Gasteiger partial charge >= 0.3 is 0 Å². The molecule has 0 fully saturated rings. The first kappa shape index (κ1) is 19.1. The smallest absolute Gasteiger partial charge is 0.259 e. The summed E-state index contributed by atoms with van der Waals surface area (Å²) in [5, 5.41) is 8.49. The van der Waals surface area contributed by atoms with Crippen LogP contribution in [0.2, 0.25) is 0 Å². The number of hydrogen-bond donors (Lipinski definition) is 2. The van der Waals surface area contributed by atoms with Gasteiger partial charge in [-0.1, -0.05) is 60.2 Å². The molecule has 0 radical (unpaired) electrons. The van der Waals surface area contributed by atoms with Crippen molar-refractivity contribution in [3.05, 3.63) is 77.9 Å². The standard InChI is InChI=1S/C22H21N3O3/c1-16-6-8-17(9-7-16)13-24-25-21(26)14-23-22(27)15-28-20-11-10-18-4-2-3-5-19(18)12-20/h2-13H,14-15H2,1H3,(H,23,27)(H,25,26)/b24-13+. The lowest BCUT2D eigenvalue weighted by Crippen LogP contribution is -2.37. The summed E-state index contributed by atoms with van der Waals surface area (Å²) in [6.07, 6.45) is 1.54. The summed E-state index contributed by atoms with van der Waals surface area (Å²) in [7, 11) is 0. The lowest BCUT2D eigenvalue weighted by Gasteiger charge is -2.08. The van der Waals surface area contributed by atoms with Crippen LogP contribution in [0.15, 0.2) is 71.8 Å². The Hall–Kier alpha value is -3.67. The zero-order valence-electron chi connectivity index (χ0n) is 15.5. The van der Waals surface area contributed by atoms with E-state index in [1.165, 1.54) is 0 Å². The molecule has 3 aromatic rings. The second kappa shape index (κ2) is 9.32. The van der Waals surface area contributed by atoms with Crippen LogP contribution in [0.3, 0.4) is 0 Å². The van der Waals surface area contributed by atoms with Gasteiger partial charge in [0, 0.05) is 0 Å². The largest absolute Gasteiger partial charge is 0.484 e. The van der Waals surface area contributed by atoms with Gasteiger partial charge in [0.25, 0.3) is 11.8 Å². The van der Waals surface area contributed by atoms with E-state index in [4.69, 9.17) is 4.74 Å². The number of hydrogen-bond acceptors (Lipinski definition) is 4. The van der Waals surface area contributed by atoms with Crippen molar-refractivity contribution >= 4 is 28.8 Å². The predicted molar refractivity (Wildman–Crippen MR) is 109 cm³/mol. The molecule has 3 rings (SSSR count). The van der Waals surface area contributed by atoms with Crippen molar-refractivity contribution in [1.29, 1.82) is 0 Å². The van der Waals surface area contributed by atoms with E-state index >= 15 is 0 Å². The third-order valence-corrected chi connectivity index (χ3v) is 4.02. The molecule has 0 atom stereocenters. The molecule has 0 aliphatic heterocycles. The molecule has 6 nitrogen and oxygen atoms in total. The third kappa shape index (κ3) is 5.67. The van der Waals surface area contributed by atoms with E-state index in [1.54, 1.807) is 6.21 Å². The Morgan fingerprint density at radius 3 is 2.50 bits per heavy atom. The van der Waals surface area contributed by atoms with Gasteiger partial charge in [-0.15, -0.1) is 0 Å². The SMILES string of the molecule is Cc1ccc(/C=N/NC(=O)CNC(=O)COc2ccc3ccccc3c2)cc1. The zero-order valence-corrected chi connectivity index (χ0v) is 15.5. The summed E-state index contributed by atoms with van der Waals surface area (Å²) in [4.78, 5) is 23.6. The van der Waals surface area contributed by atoms with Gasteiger partial charge in [0.1, 0.15) is 5.75 Å².